The van der Waals surface area contributed by atoms with Crippen LogP contribution in [-0.4, -0.2) is 40.2 Å². The summed E-state index contributed by atoms with van der Waals surface area (Å²) in [6, 6.07) is 18.8. The molecule has 7 nitrogen and oxygen atoms in total. The van der Waals surface area contributed by atoms with E-state index in [1.165, 1.54) is 11.3 Å². The van der Waals surface area contributed by atoms with Crippen molar-refractivity contribution in [2.45, 2.75) is 25.2 Å². The fourth-order valence-electron chi connectivity index (χ4n) is 4.49. The summed E-state index contributed by atoms with van der Waals surface area (Å²) >= 11 is 0. The minimum Gasteiger partial charge on any atom is -0.382 e. The average molecular weight is 426 g/mol. The van der Waals surface area contributed by atoms with Gasteiger partial charge in [-0.3, -0.25) is 5.41 Å². The summed E-state index contributed by atoms with van der Waals surface area (Å²) in [5.41, 5.74) is 13.4. The number of amidine groups is 1. The molecule has 162 valence electrons. The molecule has 0 spiro atoms. The molecule has 1 aliphatic heterocycles. The first kappa shape index (κ1) is 20.2. The lowest BCUT2D eigenvalue weighted by Crippen LogP contribution is -2.26. The SMILES string of the molecule is N=C/N=C(/N)c1[nH]c(C2CCNCC2)cc1-c1ccc2nc(Cc3ccccc3)[nH]c2c1. The highest BCUT2D eigenvalue weighted by molar-refractivity contribution is 6.05. The van der Waals surface area contributed by atoms with Gasteiger partial charge in [0.15, 0.2) is 0 Å². The zero-order valence-corrected chi connectivity index (χ0v) is 17.9. The first-order valence-corrected chi connectivity index (χ1v) is 11.0. The average Bonchev–Trinajstić information content (AvgIpc) is 3.44. The van der Waals surface area contributed by atoms with Crippen LogP contribution in [0.4, 0.5) is 0 Å². The van der Waals surface area contributed by atoms with Crippen LogP contribution in [0, 0.1) is 5.41 Å². The quantitative estimate of drug-likeness (QED) is 0.238. The van der Waals surface area contributed by atoms with Gasteiger partial charge in [-0.05, 0) is 55.3 Å². The second-order valence-electron chi connectivity index (χ2n) is 8.26. The zero-order chi connectivity index (χ0) is 21.9. The molecule has 7 heteroatoms. The molecule has 2 aromatic heterocycles. The van der Waals surface area contributed by atoms with Crippen molar-refractivity contribution >= 4 is 23.2 Å². The Morgan fingerprint density at radius 2 is 1.91 bits per heavy atom. The fraction of sp³-hybridized carbons (Fsp3) is 0.240. The monoisotopic (exact) mass is 425 g/mol. The van der Waals surface area contributed by atoms with Crippen LogP contribution in [0.1, 0.15) is 41.5 Å². The number of H-pyrrole nitrogens is 2. The summed E-state index contributed by atoms with van der Waals surface area (Å²) in [6.07, 6.45) is 3.92. The van der Waals surface area contributed by atoms with Crippen LogP contribution in [0.3, 0.4) is 0 Å². The van der Waals surface area contributed by atoms with Crippen LogP contribution < -0.4 is 11.1 Å². The Morgan fingerprint density at radius 3 is 2.69 bits per heavy atom. The zero-order valence-electron chi connectivity index (χ0n) is 17.9. The summed E-state index contributed by atoms with van der Waals surface area (Å²) in [6.45, 7) is 2.03. The van der Waals surface area contributed by atoms with E-state index in [1.54, 1.807) is 0 Å². The van der Waals surface area contributed by atoms with Crippen LogP contribution in [-0.2, 0) is 6.42 Å². The van der Waals surface area contributed by atoms with E-state index in [9.17, 15) is 0 Å². The molecule has 0 radical (unpaired) electrons. The summed E-state index contributed by atoms with van der Waals surface area (Å²) in [5.74, 6) is 1.73. The van der Waals surface area contributed by atoms with E-state index in [-0.39, 0.29) is 0 Å². The number of aromatic nitrogens is 3. The molecule has 3 heterocycles. The molecule has 1 aliphatic rings. The number of aromatic amines is 2. The van der Waals surface area contributed by atoms with Crippen molar-refractivity contribution in [2.75, 3.05) is 13.1 Å². The van der Waals surface area contributed by atoms with Gasteiger partial charge in [0.2, 0.25) is 0 Å². The van der Waals surface area contributed by atoms with Crippen LogP contribution in [0.15, 0.2) is 59.6 Å². The first-order valence-electron chi connectivity index (χ1n) is 11.0. The Hall–Kier alpha value is -3.71. The summed E-state index contributed by atoms with van der Waals surface area (Å²) in [7, 11) is 0. The molecule has 0 aliphatic carbocycles. The van der Waals surface area contributed by atoms with Crippen molar-refractivity contribution in [3.05, 3.63) is 77.4 Å². The number of piperidine rings is 1. The molecule has 32 heavy (non-hydrogen) atoms. The molecule has 0 atom stereocenters. The Bertz CT molecular complexity index is 1260. The van der Waals surface area contributed by atoms with Gasteiger partial charge in [0.25, 0.3) is 0 Å². The van der Waals surface area contributed by atoms with Crippen LogP contribution >= 0.6 is 0 Å². The van der Waals surface area contributed by atoms with Gasteiger partial charge >= 0.3 is 0 Å². The number of benzene rings is 2. The second kappa shape index (κ2) is 8.80. The third-order valence-electron chi connectivity index (χ3n) is 6.13. The third-order valence-corrected chi connectivity index (χ3v) is 6.13. The lowest BCUT2D eigenvalue weighted by Gasteiger charge is -2.21. The number of nitrogens with zero attached hydrogens (tertiary/aromatic N) is 2. The van der Waals surface area contributed by atoms with Crippen molar-refractivity contribution < 1.29 is 0 Å². The molecule has 6 N–H and O–H groups in total. The number of rotatable bonds is 6. The van der Waals surface area contributed by atoms with Gasteiger partial charge in [-0.15, -0.1) is 0 Å². The molecule has 5 rings (SSSR count). The van der Waals surface area contributed by atoms with E-state index in [4.69, 9.17) is 16.1 Å². The van der Waals surface area contributed by atoms with Crippen molar-refractivity contribution in [2.24, 2.45) is 10.7 Å². The van der Waals surface area contributed by atoms with Crippen molar-refractivity contribution in [3.63, 3.8) is 0 Å². The fourth-order valence-corrected chi connectivity index (χ4v) is 4.49. The molecule has 0 saturated carbocycles. The first-order chi connectivity index (χ1) is 15.7. The van der Waals surface area contributed by atoms with Crippen LogP contribution in [0.5, 0.6) is 0 Å². The molecular formula is C25H27N7. The van der Waals surface area contributed by atoms with Crippen LogP contribution in [0.25, 0.3) is 22.2 Å². The van der Waals surface area contributed by atoms with Gasteiger partial charge < -0.3 is 21.0 Å². The summed E-state index contributed by atoms with van der Waals surface area (Å²) < 4.78 is 0. The van der Waals surface area contributed by atoms with Gasteiger partial charge in [0, 0.05) is 23.6 Å². The number of imidazole rings is 1. The second-order valence-corrected chi connectivity index (χ2v) is 8.26. The van der Waals surface area contributed by atoms with Gasteiger partial charge in [-0.2, -0.15) is 0 Å². The molecule has 1 saturated heterocycles. The lowest BCUT2D eigenvalue weighted by atomic mass is 9.94. The van der Waals surface area contributed by atoms with Gasteiger partial charge in [0.05, 0.1) is 16.7 Å². The maximum absolute atomic E-state index is 7.33. The highest BCUT2D eigenvalue weighted by Gasteiger charge is 2.21. The molecule has 2 aromatic carbocycles. The van der Waals surface area contributed by atoms with E-state index < -0.39 is 0 Å². The van der Waals surface area contributed by atoms with Gasteiger partial charge in [-0.25, -0.2) is 9.98 Å². The summed E-state index contributed by atoms with van der Waals surface area (Å²) in [5, 5.41) is 10.8. The summed E-state index contributed by atoms with van der Waals surface area (Å²) in [4.78, 5) is 15.8. The Labute approximate surface area is 186 Å². The highest BCUT2D eigenvalue weighted by Crippen LogP contribution is 2.33. The molecular weight excluding hydrogens is 398 g/mol. The van der Waals surface area contributed by atoms with Crippen LogP contribution in [0.2, 0.25) is 0 Å². The number of nitrogens with one attached hydrogen (secondary N) is 4. The predicted octanol–water partition coefficient (Wildman–Crippen LogP) is 3.93. The normalized spacial score (nSPS) is 15.3. The Kier molecular flexibility index (Phi) is 5.56. The predicted molar refractivity (Wildman–Crippen MR) is 129 cm³/mol. The topological polar surface area (TPSA) is 119 Å². The molecule has 0 bridgehead atoms. The van der Waals surface area contributed by atoms with Gasteiger partial charge in [-0.1, -0.05) is 36.4 Å². The largest absolute Gasteiger partial charge is 0.382 e. The third kappa shape index (κ3) is 4.07. The standard InChI is InChI=1S/C25H27N7/c26-15-29-25(27)24-19(14-21(32-24)17-8-10-28-11-9-17)18-6-7-20-22(13-18)31-23(30-20)12-16-4-2-1-3-5-16/h1-7,13-15,17,28,32H,8-12H2,(H,30,31)(H3,26,27,29). The van der Waals surface area contributed by atoms with E-state index in [2.05, 4.69) is 50.6 Å². The molecule has 4 aromatic rings. The van der Waals surface area contributed by atoms with E-state index >= 15 is 0 Å². The van der Waals surface area contributed by atoms with E-state index in [0.717, 1.165) is 72.4 Å². The lowest BCUT2D eigenvalue weighted by molar-refractivity contribution is 0.454. The van der Waals surface area contributed by atoms with Crippen molar-refractivity contribution in [1.82, 2.24) is 20.3 Å². The number of aliphatic imine (C=N–C) groups is 1. The minimum atomic E-state index is 0.324. The number of hydrogen-bond donors (Lipinski definition) is 5. The van der Waals surface area contributed by atoms with E-state index in [1.807, 2.05) is 24.3 Å². The van der Waals surface area contributed by atoms with E-state index in [0.29, 0.717) is 11.8 Å². The smallest absolute Gasteiger partial charge is 0.149 e. The molecule has 0 amide bonds. The number of hydrogen-bond acceptors (Lipinski definition) is 3. The minimum absolute atomic E-state index is 0.324. The molecule has 1 fully saturated rings. The maximum Gasteiger partial charge on any atom is 0.149 e. The van der Waals surface area contributed by atoms with Gasteiger partial charge in [0.1, 0.15) is 18.0 Å². The highest BCUT2D eigenvalue weighted by atomic mass is 14.9. The Balaban J connectivity index is 1.52. The number of nitrogens with two attached hydrogens (primary N) is 1. The van der Waals surface area contributed by atoms with Crippen molar-refractivity contribution in [1.29, 1.82) is 5.41 Å². The maximum atomic E-state index is 7.33. The molecule has 0 unspecified atom stereocenters. The Morgan fingerprint density at radius 1 is 1.09 bits per heavy atom. The van der Waals surface area contributed by atoms with Crippen molar-refractivity contribution in [3.8, 4) is 11.1 Å². The number of fused-ring (bicyclic) bond motifs is 1.